The summed E-state index contributed by atoms with van der Waals surface area (Å²) in [5.41, 5.74) is 1.97. The molecule has 4 nitrogen and oxygen atoms in total. The molecular formula is C12H11ClN2O2. The number of carbonyl (C=O) groups is 1. The van der Waals surface area contributed by atoms with Crippen molar-refractivity contribution in [1.82, 2.24) is 9.78 Å². The molecule has 5 heteroatoms. The highest BCUT2D eigenvalue weighted by Crippen LogP contribution is 2.32. The molecule has 0 bridgehead atoms. The van der Waals surface area contributed by atoms with Gasteiger partial charge in [-0.2, -0.15) is 5.10 Å². The van der Waals surface area contributed by atoms with Crippen LogP contribution in [0.2, 0.25) is 5.02 Å². The van der Waals surface area contributed by atoms with Crippen molar-refractivity contribution in [1.29, 1.82) is 0 Å². The number of carbonyl (C=O) groups excluding carboxylic acids is 1. The minimum Gasteiger partial charge on any atom is -0.497 e. The molecule has 2 aromatic rings. The summed E-state index contributed by atoms with van der Waals surface area (Å²) in [6.45, 7) is 0. The molecule has 0 amide bonds. The van der Waals surface area contributed by atoms with E-state index in [4.69, 9.17) is 16.3 Å². The fraction of sp³-hybridized carbons (Fsp3) is 0.167. The third kappa shape index (κ3) is 2.03. The number of hydrogen-bond acceptors (Lipinski definition) is 3. The van der Waals surface area contributed by atoms with Crippen molar-refractivity contribution in [2.24, 2.45) is 7.05 Å². The first-order valence-electron chi connectivity index (χ1n) is 4.98. The number of benzene rings is 1. The molecule has 0 atom stereocenters. The predicted octanol–water partition coefficient (Wildman–Crippen LogP) is 2.56. The minimum atomic E-state index is 0.513. The Morgan fingerprint density at radius 2 is 2.24 bits per heavy atom. The molecule has 0 unspecified atom stereocenters. The highest BCUT2D eigenvalue weighted by molar-refractivity contribution is 6.33. The normalized spacial score (nSPS) is 10.3. The molecule has 0 fully saturated rings. The molecule has 2 rings (SSSR count). The SMILES string of the molecule is COc1ccc(-c2c(C=O)cnn2C)c(Cl)c1. The average Bonchev–Trinajstić information content (AvgIpc) is 2.70. The number of aryl methyl sites for hydroxylation is 1. The molecule has 0 radical (unpaired) electrons. The quantitative estimate of drug-likeness (QED) is 0.787. The van der Waals surface area contributed by atoms with Crippen molar-refractivity contribution < 1.29 is 9.53 Å². The maximum absolute atomic E-state index is 10.9. The number of aldehydes is 1. The Hall–Kier alpha value is -1.81. The van der Waals surface area contributed by atoms with E-state index < -0.39 is 0 Å². The zero-order valence-electron chi connectivity index (χ0n) is 9.48. The zero-order chi connectivity index (χ0) is 12.4. The van der Waals surface area contributed by atoms with Crippen LogP contribution in [-0.2, 0) is 7.05 Å². The van der Waals surface area contributed by atoms with E-state index in [1.807, 2.05) is 6.07 Å². The molecule has 0 saturated heterocycles. The standard InChI is InChI=1S/C12H11ClN2O2/c1-15-12(8(7-16)6-14-15)10-4-3-9(17-2)5-11(10)13/h3-7H,1-2H3. The lowest BCUT2D eigenvalue weighted by Crippen LogP contribution is -1.96. The Morgan fingerprint density at radius 1 is 1.47 bits per heavy atom. The Bertz CT molecular complexity index is 564. The van der Waals surface area contributed by atoms with Gasteiger partial charge < -0.3 is 4.74 Å². The van der Waals surface area contributed by atoms with E-state index in [-0.39, 0.29) is 0 Å². The summed E-state index contributed by atoms with van der Waals surface area (Å²) in [5, 5.41) is 4.57. The van der Waals surface area contributed by atoms with Crippen molar-refractivity contribution in [2.45, 2.75) is 0 Å². The van der Waals surface area contributed by atoms with Crippen LogP contribution in [0.1, 0.15) is 10.4 Å². The molecular weight excluding hydrogens is 240 g/mol. The van der Waals surface area contributed by atoms with Crippen LogP contribution in [0.25, 0.3) is 11.3 Å². The maximum atomic E-state index is 10.9. The van der Waals surface area contributed by atoms with Gasteiger partial charge in [-0.1, -0.05) is 11.6 Å². The van der Waals surface area contributed by atoms with Gasteiger partial charge in [-0.25, -0.2) is 0 Å². The van der Waals surface area contributed by atoms with Gasteiger partial charge in [0.2, 0.25) is 0 Å². The molecule has 0 aliphatic heterocycles. The first-order chi connectivity index (χ1) is 8.17. The van der Waals surface area contributed by atoms with Crippen LogP contribution >= 0.6 is 11.6 Å². The highest BCUT2D eigenvalue weighted by atomic mass is 35.5. The van der Waals surface area contributed by atoms with Crippen molar-refractivity contribution in [3.05, 3.63) is 35.0 Å². The number of hydrogen-bond donors (Lipinski definition) is 0. The molecule has 17 heavy (non-hydrogen) atoms. The monoisotopic (exact) mass is 250 g/mol. The zero-order valence-corrected chi connectivity index (χ0v) is 10.2. The van der Waals surface area contributed by atoms with E-state index in [1.54, 1.807) is 31.0 Å². The Kier molecular flexibility index (Phi) is 3.15. The lowest BCUT2D eigenvalue weighted by atomic mass is 10.1. The van der Waals surface area contributed by atoms with Gasteiger partial charge in [0.15, 0.2) is 6.29 Å². The molecule has 1 aromatic carbocycles. The summed E-state index contributed by atoms with van der Waals surface area (Å²) in [4.78, 5) is 10.9. The van der Waals surface area contributed by atoms with Crippen LogP contribution in [0.4, 0.5) is 0 Å². The molecule has 0 aliphatic rings. The highest BCUT2D eigenvalue weighted by Gasteiger charge is 2.13. The first-order valence-corrected chi connectivity index (χ1v) is 5.36. The van der Waals surface area contributed by atoms with Gasteiger partial charge in [0.05, 0.1) is 29.6 Å². The molecule has 0 saturated carbocycles. The summed E-state index contributed by atoms with van der Waals surface area (Å²) >= 11 is 6.16. The van der Waals surface area contributed by atoms with Crippen molar-refractivity contribution >= 4 is 17.9 Å². The van der Waals surface area contributed by atoms with Gasteiger partial charge in [0.1, 0.15) is 5.75 Å². The van der Waals surface area contributed by atoms with E-state index in [2.05, 4.69) is 5.10 Å². The van der Waals surface area contributed by atoms with E-state index >= 15 is 0 Å². The number of aromatic nitrogens is 2. The Labute approximate surface area is 104 Å². The van der Waals surface area contributed by atoms with Gasteiger partial charge in [-0.15, -0.1) is 0 Å². The minimum absolute atomic E-state index is 0.513. The Balaban J connectivity index is 2.60. The first kappa shape index (κ1) is 11.7. The summed E-state index contributed by atoms with van der Waals surface area (Å²) < 4.78 is 6.70. The third-order valence-electron chi connectivity index (χ3n) is 2.53. The van der Waals surface area contributed by atoms with E-state index in [1.165, 1.54) is 6.20 Å². The van der Waals surface area contributed by atoms with Crippen LogP contribution in [0.3, 0.4) is 0 Å². The number of halogens is 1. The lowest BCUT2D eigenvalue weighted by Gasteiger charge is -2.07. The topological polar surface area (TPSA) is 44.1 Å². The summed E-state index contributed by atoms with van der Waals surface area (Å²) in [5.74, 6) is 0.675. The van der Waals surface area contributed by atoms with Crippen molar-refractivity contribution in [3.8, 4) is 17.0 Å². The van der Waals surface area contributed by atoms with Gasteiger partial charge in [0.25, 0.3) is 0 Å². The average molecular weight is 251 g/mol. The van der Waals surface area contributed by atoms with Gasteiger partial charge in [0, 0.05) is 12.6 Å². The molecule has 0 spiro atoms. The smallest absolute Gasteiger partial charge is 0.153 e. The molecule has 88 valence electrons. The molecule has 0 N–H and O–H groups in total. The number of ether oxygens (including phenoxy) is 1. The van der Waals surface area contributed by atoms with E-state index in [0.717, 1.165) is 11.8 Å². The number of nitrogens with zero attached hydrogens (tertiary/aromatic N) is 2. The summed E-state index contributed by atoms with van der Waals surface area (Å²) in [6.07, 6.45) is 2.28. The van der Waals surface area contributed by atoms with Gasteiger partial charge in [-0.3, -0.25) is 9.48 Å². The molecule has 1 aromatic heterocycles. The molecule has 0 aliphatic carbocycles. The van der Waals surface area contributed by atoms with Crippen LogP contribution in [0.15, 0.2) is 24.4 Å². The molecule has 1 heterocycles. The van der Waals surface area contributed by atoms with Crippen LogP contribution < -0.4 is 4.74 Å². The summed E-state index contributed by atoms with van der Waals surface area (Å²) in [6, 6.07) is 5.31. The fourth-order valence-electron chi connectivity index (χ4n) is 1.69. The second kappa shape index (κ2) is 4.59. The van der Waals surface area contributed by atoms with Crippen LogP contribution in [0.5, 0.6) is 5.75 Å². The lowest BCUT2D eigenvalue weighted by molar-refractivity contribution is 0.112. The predicted molar refractivity (Wildman–Crippen MR) is 65.6 cm³/mol. The van der Waals surface area contributed by atoms with Crippen LogP contribution in [-0.4, -0.2) is 23.2 Å². The maximum Gasteiger partial charge on any atom is 0.153 e. The Morgan fingerprint density at radius 3 is 2.82 bits per heavy atom. The summed E-state index contributed by atoms with van der Waals surface area (Å²) in [7, 11) is 3.34. The van der Waals surface area contributed by atoms with E-state index in [9.17, 15) is 4.79 Å². The number of rotatable bonds is 3. The fourth-order valence-corrected chi connectivity index (χ4v) is 1.95. The van der Waals surface area contributed by atoms with Gasteiger partial charge in [-0.05, 0) is 18.2 Å². The third-order valence-corrected chi connectivity index (χ3v) is 2.84. The largest absolute Gasteiger partial charge is 0.497 e. The van der Waals surface area contributed by atoms with Crippen molar-refractivity contribution in [3.63, 3.8) is 0 Å². The van der Waals surface area contributed by atoms with Crippen LogP contribution in [0, 0.1) is 0 Å². The second-order valence-corrected chi connectivity index (χ2v) is 3.94. The van der Waals surface area contributed by atoms with Crippen molar-refractivity contribution in [2.75, 3.05) is 7.11 Å². The van der Waals surface area contributed by atoms with E-state index in [0.29, 0.717) is 22.0 Å². The number of methoxy groups -OCH3 is 1. The second-order valence-electron chi connectivity index (χ2n) is 3.54. The van der Waals surface area contributed by atoms with Gasteiger partial charge >= 0.3 is 0 Å².